The normalized spacial score (nSPS) is 22.5. The topological polar surface area (TPSA) is 76.1 Å². The largest absolute Gasteiger partial charge is 0.481 e. The van der Waals surface area contributed by atoms with Gasteiger partial charge in [-0.05, 0) is 31.2 Å². The van der Waals surface area contributed by atoms with E-state index in [-0.39, 0.29) is 30.8 Å². The van der Waals surface area contributed by atoms with Gasteiger partial charge in [0.05, 0.1) is 18.1 Å². The molecule has 1 spiro atoms. The van der Waals surface area contributed by atoms with E-state index >= 15 is 0 Å². The van der Waals surface area contributed by atoms with Crippen LogP contribution >= 0.6 is 0 Å². The van der Waals surface area contributed by atoms with E-state index in [2.05, 4.69) is 0 Å². The molecule has 0 saturated carbocycles. The third-order valence-corrected chi connectivity index (χ3v) is 4.88. The van der Waals surface area contributed by atoms with E-state index < -0.39 is 5.97 Å². The number of rotatable bonds is 4. The zero-order chi connectivity index (χ0) is 17.0. The lowest BCUT2D eigenvalue weighted by Crippen LogP contribution is -2.46. The van der Waals surface area contributed by atoms with Crippen molar-refractivity contribution >= 4 is 12.1 Å². The number of hydrogen-bond donors (Lipinski definition) is 1. The number of carbonyl (C=O) groups excluding carboxylic acids is 1. The van der Waals surface area contributed by atoms with E-state index in [1.165, 1.54) is 0 Å². The third-order valence-electron chi connectivity index (χ3n) is 4.88. The van der Waals surface area contributed by atoms with Gasteiger partial charge in [0.25, 0.3) is 0 Å². The summed E-state index contributed by atoms with van der Waals surface area (Å²) in [6.45, 7) is 1.46. The van der Waals surface area contributed by atoms with Crippen LogP contribution in [0.2, 0.25) is 0 Å². The fraction of sp³-hybridized carbons (Fsp3) is 0.556. The number of ether oxygens (including phenoxy) is 2. The molecule has 2 saturated heterocycles. The number of aliphatic carboxylic acids is 1. The molecule has 1 unspecified atom stereocenters. The second kappa shape index (κ2) is 7.21. The molecule has 0 aliphatic carbocycles. The predicted molar refractivity (Wildman–Crippen MR) is 86.5 cm³/mol. The Labute approximate surface area is 141 Å². The van der Waals surface area contributed by atoms with Crippen molar-refractivity contribution in [3.05, 3.63) is 35.9 Å². The second-order valence-corrected chi connectivity index (χ2v) is 6.59. The quantitative estimate of drug-likeness (QED) is 0.917. The molecule has 2 fully saturated rings. The Morgan fingerprint density at radius 1 is 1.21 bits per heavy atom. The van der Waals surface area contributed by atoms with E-state index in [9.17, 15) is 9.59 Å². The molecule has 0 aromatic heterocycles. The number of carboxylic acids is 1. The van der Waals surface area contributed by atoms with Gasteiger partial charge in [0.2, 0.25) is 0 Å². The van der Waals surface area contributed by atoms with Crippen molar-refractivity contribution in [1.29, 1.82) is 0 Å². The van der Waals surface area contributed by atoms with Crippen LogP contribution in [0.15, 0.2) is 30.3 Å². The maximum absolute atomic E-state index is 12.2. The van der Waals surface area contributed by atoms with Gasteiger partial charge in [-0.15, -0.1) is 0 Å². The van der Waals surface area contributed by atoms with Crippen molar-refractivity contribution in [3.63, 3.8) is 0 Å². The highest BCUT2D eigenvalue weighted by Crippen LogP contribution is 2.39. The molecule has 1 aromatic rings. The SMILES string of the molecule is O=C(O)CC1CCC2(CCN(C(=O)OCc3ccccc3)CC2)O1. The average Bonchev–Trinajstić information content (AvgIpc) is 2.96. The number of likely N-dealkylation sites (tertiary alicyclic amines) is 1. The van der Waals surface area contributed by atoms with Gasteiger partial charge in [-0.1, -0.05) is 30.3 Å². The molecular weight excluding hydrogens is 310 g/mol. The second-order valence-electron chi connectivity index (χ2n) is 6.59. The Balaban J connectivity index is 1.45. The van der Waals surface area contributed by atoms with Gasteiger partial charge >= 0.3 is 12.1 Å². The Kier molecular flexibility index (Phi) is 5.04. The lowest BCUT2D eigenvalue weighted by Gasteiger charge is -2.38. The highest BCUT2D eigenvalue weighted by molar-refractivity contribution is 5.68. The molecule has 1 N–H and O–H groups in total. The average molecular weight is 333 g/mol. The van der Waals surface area contributed by atoms with Crippen LogP contribution in [-0.4, -0.2) is 46.9 Å². The molecule has 24 heavy (non-hydrogen) atoms. The summed E-state index contributed by atoms with van der Waals surface area (Å²) in [6.07, 6.45) is 2.70. The lowest BCUT2D eigenvalue weighted by atomic mass is 9.88. The first-order valence-electron chi connectivity index (χ1n) is 8.42. The van der Waals surface area contributed by atoms with Gasteiger partial charge in [0.1, 0.15) is 6.61 Å². The third kappa shape index (κ3) is 4.06. The number of hydrogen-bond acceptors (Lipinski definition) is 4. The van der Waals surface area contributed by atoms with Gasteiger partial charge < -0.3 is 19.5 Å². The van der Waals surface area contributed by atoms with E-state index in [0.29, 0.717) is 13.1 Å². The Morgan fingerprint density at radius 3 is 2.58 bits per heavy atom. The number of amides is 1. The monoisotopic (exact) mass is 333 g/mol. The summed E-state index contributed by atoms with van der Waals surface area (Å²) < 4.78 is 11.4. The maximum Gasteiger partial charge on any atom is 0.410 e. The molecule has 0 radical (unpaired) electrons. The number of benzene rings is 1. The molecule has 2 heterocycles. The van der Waals surface area contributed by atoms with Gasteiger partial charge in [0.15, 0.2) is 0 Å². The first-order chi connectivity index (χ1) is 11.6. The Bertz CT molecular complexity index is 580. The van der Waals surface area contributed by atoms with Gasteiger partial charge in [-0.2, -0.15) is 0 Å². The molecule has 6 heteroatoms. The highest BCUT2D eigenvalue weighted by Gasteiger charge is 2.43. The fourth-order valence-corrected chi connectivity index (χ4v) is 3.51. The van der Waals surface area contributed by atoms with Crippen LogP contribution < -0.4 is 0 Å². The van der Waals surface area contributed by atoms with Crippen molar-refractivity contribution in [2.45, 2.75) is 50.4 Å². The van der Waals surface area contributed by atoms with Crippen molar-refractivity contribution in [1.82, 2.24) is 4.90 Å². The summed E-state index contributed by atoms with van der Waals surface area (Å²) in [4.78, 5) is 24.7. The summed E-state index contributed by atoms with van der Waals surface area (Å²) in [5, 5.41) is 8.88. The molecule has 2 aliphatic heterocycles. The van der Waals surface area contributed by atoms with Crippen molar-refractivity contribution in [3.8, 4) is 0 Å². The molecule has 6 nitrogen and oxygen atoms in total. The van der Waals surface area contributed by atoms with Crippen LogP contribution in [0, 0.1) is 0 Å². The first-order valence-corrected chi connectivity index (χ1v) is 8.42. The van der Waals surface area contributed by atoms with Crippen LogP contribution in [0.1, 0.15) is 37.7 Å². The molecule has 1 aromatic carbocycles. The number of carboxylic acid groups (broad SMARTS) is 1. The van der Waals surface area contributed by atoms with Crippen molar-refractivity contribution in [2.75, 3.05) is 13.1 Å². The minimum Gasteiger partial charge on any atom is -0.481 e. The van der Waals surface area contributed by atoms with Crippen LogP contribution in [0.25, 0.3) is 0 Å². The van der Waals surface area contributed by atoms with Gasteiger partial charge in [0, 0.05) is 13.1 Å². The molecule has 0 bridgehead atoms. The number of carbonyl (C=O) groups is 2. The van der Waals surface area contributed by atoms with Crippen molar-refractivity contribution < 1.29 is 24.2 Å². The zero-order valence-corrected chi connectivity index (χ0v) is 13.6. The molecule has 1 atom stereocenters. The predicted octanol–water partition coefficient (Wildman–Crippen LogP) is 2.81. The fourth-order valence-electron chi connectivity index (χ4n) is 3.51. The highest BCUT2D eigenvalue weighted by atomic mass is 16.6. The standard InChI is InChI=1S/C18H23NO5/c20-16(21)12-15-6-7-18(24-15)8-10-19(11-9-18)17(22)23-13-14-4-2-1-3-5-14/h1-5,15H,6-13H2,(H,20,21). The minimum absolute atomic E-state index is 0.0601. The van der Waals surface area contributed by atoms with Gasteiger partial charge in [-0.3, -0.25) is 4.79 Å². The van der Waals surface area contributed by atoms with E-state index in [1.54, 1.807) is 4.90 Å². The number of piperidine rings is 1. The van der Waals surface area contributed by atoms with Crippen LogP contribution in [0.3, 0.4) is 0 Å². The summed E-state index contributed by atoms with van der Waals surface area (Å²) in [5.74, 6) is -0.820. The molecule has 3 rings (SSSR count). The van der Waals surface area contributed by atoms with Crippen LogP contribution in [0.4, 0.5) is 4.79 Å². The lowest BCUT2D eigenvalue weighted by molar-refractivity contribution is -0.142. The summed E-state index contributed by atoms with van der Waals surface area (Å²) in [5.41, 5.74) is 0.714. The smallest absolute Gasteiger partial charge is 0.410 e. The molecular formula is C18H23NO5. The van der Waals surface area contributed by atoms with E-state index in [0.717, 1.165) is 31.2 Å². The van der Waals surface area contributed by atoms with E-state index in [4.69, 9.17) is 14.6 Å². The first kappa shape index (κ1) is 16.8. The number of nitrogens with zero attached hydrogens (tertiary/aromatic N) is 1. The minimum atomic E-state index is -0.820. The van der Waals surface area contributed by atoms with Crippen LogP contribution in [-0.2, 0) is 20.9 Å². The molecule has 2 aliphatic rings. The maximum atomic E-state index is 12.2. The summed E-state index contributed by atoms with van der Waals surface area (Å²) >= 11 is 0. The molecule has 1 amide bonds. The summed E-state index contributed by atoms with van der Waals surface area (Å²) in [6, 6.07) is 9.60. The van der Waals surface area contributed by atoms with Crippen molar-refractivity contribution in [2.24, 2.45) is 0 Å². The Morgan fingerprint density at radius 2 is 1.92 bits per heavy atom. The van der Waals surface area contributed by atoms with Gasteiger partial charge in [-0.25, -0.2) is 4.79 Å². The summed E-state index contributed by atoms with van der Waals surface area (Å²) in [7, 11) is 0. The molecule has 130 valence electrons. The van der Waals surface area contributed by atoms with Crippen LogP contribution in [0.5, 0.6) is 0 Å². The zero-order valence-electron chi connectivity index (χ0n) is 13.6. The van der Waals surface area contributed by atoms with E-state index in [1.807, 2.05) is 30.3 Å². The Hall–Kier alpha value is -2.08.